The number of benzene rings is 2. The lowest BCUT2D eigenvalue weighted by atomic mass is 10.00. The van der Waals surface area contributed by atoms with Gasteiger partial charge in [-0.25, -0.2) is 0 Å². The Morgan fingerprint density at radius 3 is 2.10 bits per heavy atom. The molecular formula is C28H40Si2. The van der Waals surface area contributed by atoms with Crippen LogP contribution >= 0.6 is 0 Å². The monoisotopic (exact) mass is 432 g/mol. The van der Waals surface area contributed by atoms with E-state index in [4.69, 9.17) is 0 Å². The van der Waals surface area contributed by atoms with E-state index >= 15 is 0 Å². The molecule has 0 heterocycles. The van der Waals surface area contributed by atoms with Crippen molar-refractivity contribution in [3.05, 3.63) is 75.4 Å². The normalized spacial score (nSPS) is 18.4. The highest BCUT2D eigenvalue weighted by Crippen LogP contribution is 2.39. The summed E-state index contributed by atoms with van der Waals surface area (Å²) in [5, 5.41) is 4.88. The summed E-state index contributed by atoms with van der Waals surface area (Å²) in [6, 6.07) is 15.8. The second-order valence-corrected chi connectivity index (χ2v) is 18.5. The molecule has 0 nitrogen and oxygen atoms in total. The van der Waals surface area contributed by atoms with Crippen LogP contribution in [0.15, 0.2) is 58.7 Å². The first kappa shape index (κ1) is 23.0. The lowest BCUT2D eigenvalue weighted by Gasteiger charge is -2.26. The summed E-state index contributed by atoms with van der Waals surface area (Å²) in [5.74, 6) is 0.589. The van der Waals surface area contributed by atoms with Gasteiger partial charge in [-0.05, 0) is 75.8 Å². The van der Waals surface area contributed by atoms with Crippen LogP contribution in [-0.4, -0.2) is 16.9 Å². The molecule has 0 spiro atoms. The Labute approximate surface area is 187 Å². The summed E-state index contributed by atoms with van der Waals surface area (Å²) in [7, 11) is -2.75. The number of aryl methyl sites for hydroxylation is 2. The molecular weight excluding hydrogens is 392 g/mol. The van der Waals surface area contributed by atoms with Gasteiger partial charge in [0, 0.05) is 0 Å². The van der Waals surface area contributed by atoms with E-state index in [1.165, 1.54) is 28.3 Å². The van der Waals surface area contributed by atoms with E-state index in [1.807, 2.05) is 0 Å². The predicted octanol–water partition coefficient (Wildman–Crippen LogP) is 5.80. The summed E-state index contributed by atoms with van der Waals surface area (Å²) in [6.45, 7) is 23.8. The number of rotatable bonds is 5. The summed E-state index contributed by atoms with van der Waals surface area (Å²) >= 11 is 0. The Morgan fingerprint density at radius 2 is 1.53 bits per heavy atom. The second kappa shape index (κ2) is 8.47. The Bertz CT molecular complexity index is 1030. The molecule has 3 rings (SSSR count). The van der Waals surface area contributed by atoms with Crippen molar-refractivity contribution >= 4 is 32.4 Å². The van der Waals surface area contributed by atoms with Gasteiger partial charge in [0.05, 0.1) is 8.07 Å². The highest BCUT2D eigenvalue weighted by Gasteiger charge is 2.29. The zero-order valence-electron chi connectivity index (χ0n) is 20.8. The maximum Gasteiger partial charge on any atom is 0.107 e. The van der Waals surface area contributed by atoms with Gasteiger partial charge in [-0.2, -0.15) is 0 Å². The first-order valence-corrected chi connectivity index (χ1v) is 16.9. The van der Waals surface area contributed by atoms with Gasteiger partial charge in [0.15, 0.2) is 0 Å². The van der Waals surface area contributed by atoms with Crippen molar-refractivity contribution in [2.24, 2.45) is 5.92 Å². The van der Waals surface area contributed by atoms with Crippen molar-refractivity contribution in [1.82, 2.24) is 0 Å². The third-order valence-electron chi connectivity index (χ3n) is 7.62. The van der Waals surface area contributed by atoms with Crippen LogP contribution in [0.2, 0.25) is 25.7 Å². The lowest BCUT2D eigenvalue weighted by molar-refractivity contribution is 0.812. The fraction of sp³-hybridized carbons (Fsp3) is 0.429. The summed E-state index contributed by atoms with van der Waals surface area (Å²) in [4.78, 5) is 0. The van der Waals surface area contributed by atoms with Crippen LogP contribution in [-0.2, 0) is 0 Å². The van der Waals surface area contributed by atoms with E-state index in [-0.39, 0.29) is 0 Å². The van der Waals surface area contributed by atoms with Gasteiger partial charge >= 0.3 is 0 Å². The van der Waals surface area contributed by atoms with E-state index in [1.54, 1.807) is 32.3 Å². The van der Waals surface area contributed by atoms with Crippen molar-refractivity contribution in [2.75, 3.05) is 0 Å². The first-order valence-electron chi connectivity index (χ1n) is 11.5. The molecule has 0 N–H and O–H groups in total. The fourth-order valence-electron chi connectivity index (χ4n) is 5.00. The smallest absolute Gasteiger partial charge is 0.0656 e. The Hall–Kier alpha value is -1.65. The molecule has 2 aromatic rings. The van der Waals surface area contributed by atoms with Crippen LogP contribution < -0.4 is 15.6 Å². The van der Waals surface area contributed by atoms with Crippen LogP contribution in [0.1, 0.15) is 44.4 Å². The SMILES string of the molecule is CC1=C(C)C(C)C(C[SiH](c2cc(C)cc([Si](C)(C)C)c2)c2cccc(C)c2C)=C1C. The van der Waals surface area contributed by atoms with Crippen LogP contribution in [0.25, 0.3) is 0 Å². The number of hydrogen-bond acceptors (Lipinski definition) is 0. The topological polar surface area (TPSA) is 0 Å². The molecule has 2 atom stereocenters. The Morgan fingerprint density at radius 1 is 0.867 bits per heavy atom. The van der Waals surface area contributed by atoms with Gasteiger partial charge in [-0.3, -0.25) is 0 Å². The van der Waals surface area contributed by atoms with Crippen molar-refractivity contribution in [3.8, 4) is 0 Å². The maximum atomic E-state index is 2.60. The average Bonchev–Trinajstić information content (AvgIpc) is 2.84. The summed E-state index contributed by atoms with van der Waals surface area (Å²) in [6.07, 6.45) is 0. The number of hydrogen-bond donors (Lipinski definition) is 0. The average molecular weight is 433 g/mol. The van der Waals surface area contributed by atoms with Crippen LogP contribution in [0, 0.1) is 26.7 Å². The number of allylic oxidation sites excluding steroid dienone is 4. The van der Waals surface area contributed by atoms with Gasteiger partial charge in [0.25, 0.3) is 0 Å². The fourth-order valence-corrected chi connectivity index (χ4v) is 10.3. The largest absolute Gasteiger partial charge is 0.107 e. The molecule has 160 valence electrons. The molecule has 0 saturated carbocycles. The minimum absolute atomic E-state index is 0.589. The van der Waals surface area contributed by atoms with Crippen molar-refractivity contribution in [1.29, 1.82) is 0 Å². The third-order valence-corrected chi connectivity index (χ3v) is 13.0. The van der Waals surface area contributed by atoms with Crippen LogP contribution in [0.3, 0.4) is 0 Å². The summed E-state index contributed by atoms with van der Waals surface area (Å²) < 4.78 is 0. The van der Waals surface area contributed by atoms with Gasteiger partial charge in [-0.1, -0.05) is 95.2 Å². The highest BCUT2D eigenvalue weighted by molar-refractivity contribution is 6.90. The van der Waals surface area contributed by atoms with Crippen molar-refractivity contribution in [2.45, 2.75) is 74.2 Å². The highest BCUT2D eigenvalue weighted by atomic mass is 28.3. The van der Waals surface area contributed by atoms with Gasteiger partial charge in [-0.15, -0.1) is 0 Å². The molecule has 0 fully saturated rings. The molecule has 0 saturated heterocycles. The van der Waals surface area contributed by atoms with E-state index in [9.17, 15) is 0 Å². The molecule has 0 aliphatic heterocycles. The van der Waals surface area contributed by atoms with Crippen molar-refractivity contribution in [3.63, 3.8) is 0 Å². The molecule has 0 radical (unpaired) electrons. The minimum Gasteiger partial charge on any atom is -0.0656 e. The van der Waals surface area contributed by atoms with Gasteiger partial charge in [0.1, 0.15) is 8.80 Å². The predicted molar refractivity (Wildman–Crippen MR) is 142 cm³/mol. The van der Waals surface area contributed by atoms with Crippen LogP contribution in [0.5, 0.6) is 0 Å². The molecule has 0 aromatic heterocycles. The van der Waals surface area contributed by atoms with E-state index in [0.717, 1.165) is 0 Å². The molecule has 1 aliphatic rings. The second-order valence-electron chi connectivity index (χ2n) is 10.6. The van der Waals surface area contributed by atoms with E-state index in [2.05, 4.69) is 105 Å². The Balaban J connectivity index is 2.18. The zero-order valence-corrected chi connectivity index (χ0v) is 23.0. The molecule has 2 heteroatoms. The first-order chi connectivity index (χ1) is 13.9. The lowest BCUT2D eigenvalue weighted by Crippen LogP contribution is -2.48. The maximum absolute atomic E-state index is 2.60. The molecule has 0 bridgehead atoms. The zero-order chi connectivity index (χ0) is 22.4. The standard InChI is InChI=1S/C28H40Si2/c1-18-14-25(16-26(15-18)30(8,9)10)29(28-13-11-12-19(2)20(28)3)17-27-23(6)21(4)22(5)24(27)7/h11-16,23,29H,17H2,1-10H3. The molecule has 30 heavy (non-hydrogen) atoms. The molecule has 1 aliphatic carbocycles. The summed E-state index contributed by atoms with van der Waals surface area (Å²) in [5.41, 5.74) is 10.7. The quantitative estimate of drug-likeness (QED) is 0.524. The van der Waals surface area contributed by atoms with Gasteiger partial charge < -0.3 is 0 Å². The molecule has 0 amide bonds. The molecule has 2 unspecified atom stereocenters. The van der Waals surface area contributed by atoms with E-state index in [0.29, 0.717) is 5.92 Å². The molecule has 2 aromatic carbocycles. The minimum atomic E-state index is -1.39. The van der Waals surface area contributed by atoms with Crippen LogP contribution in [0.4, 0.5) is 0 Å². The van der Waals surface area contributed by atoms with Gasteiger partial charge in [0.2, 0.25) is 0 Å². The Kier molecular flexibility index (Phi) is 6.50. The van der Waals surface area contributed by atoms with Crippen molar-refractivity contribution < 1.29 is 0 Å². The third kappa shape index (κ3) is 4.36. The van der Waals surface area contributed by atoms with E-state index < -0.39 is 16.9 Å².